The molecule has 0 unspecified atom stereocenters. The molecular formula is C17H19N7O2S. The molecule has 3 aromatic rings. The summed E-state index contributed by atoms with van der Waals surface area (Å²) in [4.78, 5) is 14.0. The minimum atomic E-state index is 0.0424. The molecule has 10 heteroatoms. The van der Waals surface area contributed by atoms with Crippen molar-refractivity contribution < 1.29 is 9.53 Å². The quantitative estimate of drug-likeness (QED) is 0.497. The molecule has 1 saturated heterocycles. The molecular weight excluding hydrogens is 366 g/mol. The number of carbonyl (C=O) groups excluding carboxylic acids is 1. The number of nitrogen functional groups attached to an aromatic ring is 1. The van der Waals surface area contributed by atoms with Crippen LogP contribution < -0.4 is 5.84 Å². The molecule has 0 spiro atoms. The lowest BCUT2D eigenvalue weighted by molar-refractivity contribution is -0.132. The fraction of sp³-hybridized carbons (Fsp3) is 0.294. The summed E-state index contributed by atoms with van der Waals surface area (Å²) in [6.45, 7) is 2.40. The molecule has 9 nitrogen and oxygen atoms in total. The van der Waals surface area contributed by atoms with E-state index in [4.69, 9.17) is 10.6 Å². The van der Waals surface area contributed by atoms with E-state index < -0.39 is 0 Å². The molecule has 0 bridgehead atoms. The van der Waals surface area contributed by atoms with Crippen molar-refractivity contribution in [3.8, 4) is 22.8 Å². The van der Waals surface area contributed by atoms with Gasteiger partial charge >= 0.3 is 0 Å². The fourth-order valence-electron chi connectivity index (χ4n) is 2.78. The van der Waals surface area contributed by atoms with Crippen LogP contribution in [0.1, 0.15) is 0 Å². The fourth-order valence-corrected chi connectivity index (χ4v) is 3.54. The summed E-state index contributed by atoms with van der Waals surface area (Å²) in [5, 5.41) is 16.0. The lowest BCUT2D eigenvalue weighted by atomic mass is 10.1. The average Bonchev–Trinajstić information content (AvgIpc) is 3.34. The van der Waals surface area contributed by atoms with Gasteiger partial charge in [0.05, 0.1) is 24.7 Å². The average molecular weight is 385 g/mol. The highest BCUT2D eigenvalue weighted by Gasteiger charge is 2.20. The number of H-pyrrole nitrogens is 1. The van der Waals surface area contributed by atoms with Crippen LogP contribution in [0, 0.1) is 0 Å². The van der Waals surface area contributed by atoms with Crippen LogP contribution in [0.3, 0.4) is 0 Å². The van der Waals surface area contributed by atoms with E-state index >= 15 is 0 Å². The van der Waals surface area contributed by atoms with E-state index in [1.165, 1.54) is 16.4 Å². The van der Waals surface area contributed by atoms with Crippen LogP contribution in [0.25, 0.3) is 22.8 Å². The molecule has 4 rings (SSSR count). The Bertz CT molecular complexity index is 919. The second-order valence-electron chi connectivity index (χ2n) is 5.99. The van der Waals surface area contributed by atoms with E-state index in [-0.39, 0.29) is 11.7 Å². The number of amides is 1. The van der Waals surface area contributed by atoms with Crippen LogP contribution in [-0.2, 0) is 9.53 Å². The van der Waals surface area contributed by atoms with Gasteiger partial charge in [0.1, 0.15) is 5.69 Å². The van der Waals surface area contributed by atoms with Crippen molar-refractivity contribution in [2.75, 3.05) is 37.9 Å². The van der Waals surface area contributed by atoms with Gasteiger partial charge in [0, 0.05) is 18.7 Å². The first-order valence-corrected chi connectivity index (χ1v) is 9.51. The molecule has 27 heavy (non-hydrogen) atoms. The van der Waals surface area contributed by atoms with Crippen molar-refractivity contribution in [1.29, 1.82) is 0 Å². The highest BCUT2D eigenvalue weighted by Crippen LogP contribution is 2.24. The van der Waals surface area contributed by atoms with Gasteiger partial charge in [-0.3, -0.25) is 9.89 Å². The number of morpholine rings is 1. The van der Waals surface area contributed by atoms with Crippen molar-refractivity contribution in [1.82, 2.24) is 30.0 Å². The van der Waals surface area contributed by atoms with Crippen molar-refractivity contribution in [3.63, 3.8) is 0 Å². The Kier molecular flexibility index (Phi) is 5.07. The van der Waals surface area contributed by atoms with E-state index in [9.17, 15) is 4.79 Å². The molecule has 3 heterocycles. The molecule has 2 aromatic heterocycles. The summed E-state index contributed by atoms with van der Waals surface area (Å²) >= 11 is 1.27. The van der Waals surface area contributed by atoms with Crippen LogP contribution in [0.5, 0.6) is 0 Å². The first kappa shape index (κ1) is 17.6. The third kappa shape index (κ3) is 3.81. The maximum atomic E-state index is 12.3. The number of benzene rings is 1. The van der Waals surface area contributed by atoms with Crippen molar-refractivity contribution in [2.45, 2.75) is 5.16 Å². The SMILES string of the molecule is Nn1c(SCC(=O)N2CCOCC2)nnc1-c1cc(-c2ccccc2)n[nH]1. The first-order chi connectivity index (χ1) is 13.2. The Morgan fingerprint density at radius 2 is 2.00 bits per heavy atom. The van der Waals surface area contributed by atoms with Gasteiger partial charge in [0.15, 0.2) is 0 Å². The Labute approximate surface area is 159 Å². The topological polar surface area (TPSA) is 115 Å². The summed E-state index contributed by atoms with van der Waals surface area (Å²) in [6, 6.07) is 11.7. The molecule has 1 aliphatic heterocycles. The van der Waals surface area contributed by atoms with E-state index in [2.05, 4.69) is 20.4 Å². The Morgan fingerprint density at radius 3 is 2.78 bits per heavy atom. The maximum Gasteiger partial charge on any atom is 0.233 e. The van der Waals surface area contributed by atoms with Crippen LogP contribution in [0.15, 0.2) is 41.6 Å². The maximum absolute atomic E-state index is 12.3. The number of nitrogens with two attached hydrogens (primary N) is 1. The third-order valence-corrected chi connectivity index (χ3v) is 5.17. The molecule has 140 valence electrons. The number of carbonyl (C=O) groups is 1. The van der Waals surface area contributed by atoms with Crippen LogP contribution >= 0.6 is 11.8 Å². The van der Waals surface area contributed by atoms with Crippen LogP contribution in [0.4, 0.5) is 0 Å². The summed E-state index contributed by atoms with van der Waals surface area (Å²) in [6.07, 6.45) is 0. The molecule has 3 N–H and O–H groups in total. The molecule has 1 aromatic carbocycles. The van der Waals surface area contributed by atoms with Gasteiger partial charge in [-0.15, -0.1) is 10.2 Å². The van der Waals surface area contributed by atoms with Gasteiger partial charge in [0.25, 0.3) is 0 Å². The standard InChI is InChI=1S/C17H19N7O2S/c18-24-16(14-10-13(19-20-14)12-4-2-1-3-5-12)21-22-17(24)27-11-15(25)23-6-8-26-9-7-23/h1-5,10H,6-9,11,18H2,(H,19,20). The van der Waals surface area contributed by atoms with E-state index in [0.717, 1.165) is 11.3 Å². The molecule has 0 atom stereocenters. The van der Waals surface area contributed by atoms with Crippen LogP contribution in [-0.4, -0.2) is 67.9 Å². The van der Waals surface area contributed by atoms with Crippen molar-refractivity contribution >= 4 is 17.7 Å². The smallest absolute Gasteiger partial charge is 0.233 e. The Balaban J connectivity index is 1.44. The lowest BCUT2D eigenvalue weighted by Crippen LogP contribution is -2.41. The van der Waals surface area contributed by atoms with Gasteiger partial charge in [-0.1, -0.05) is 42.1 Å². The molecule has 1 amide bonds. The zero-order chi connectivity index (χ0) is 18.6. The number of ether oxygens (including phenoxy) is 1. The number of rotatable bonds is 5. The minimum Gasteiger partial charge on any atom is -0.378 e. The summed E-state index contributed by atoms with van der Waals surface area (Å²) < 4.78 is 6.64. The number of nitrogens with one attached hydrogen (secondary N) is 1. The number of hydrogen-bond acceptors (Lipinski definition) is 7. The third-order valence-electron chi connectivity index (χ3n) is 4.24. The summed E-state index contributed by atoms with van der Waals surface area (Å²) in [7, 11) is 0. The zero-order valence-electron chi connectivity index (χ0n) is 14.5. The van der Waals surface area contributed by atoms with Crippen molar-refractivity contribution in [3.05, 3.63) is 36.4 Å². The molecule has 0 aliphatic carbocycles. The predicted molar refractivity (Wildman–Crippen MR) is 101 cm³/mol. The second-order valence-corrected chi connectivity index (χ2v) is 6.93. The molecule has 0 radical (unpaired) electrons. The summed E-state index contributed by atoms with van der Waals surface area (Å²) in [5.74, 6) is 6.89. The largest absolute Gasteiger partial charge is 0.378 e. The van der Waals surface area contributed by atoms with Gasteiger partial charge < -0.3 is 15.5 Å². The highest BCUT2D eigenvalue weighted by atomic mass is 32.2. The Morgan fingerprint density at radius 1 is 1.22 bits per heavy atom. The molecule has 1 aliphatic rings. The number of aromatic nitrogens is 5. The van der Waals surface area contributed by atoms with E-state index in [0.29, 0.717) is 43.0 Å². The van der Waals surface area contributed by atoms with Crippen LogP contribution in [0.2, 0.25) is 0 Å². The van der Waals surface area contributed by atoms with Gasteiger partial charge in [-0.25, -0.2) is 4.68 Å². The monoisotopic (exact) mass is 385 g/mol. The van der Waals surface area contributed by atoms with Crippen molar-refractivity contribution in [2.24, 2.45) is 0 Å². The van der Waals surface area contributed by atoms with E-state index in [1.807, 2.05) is 36.4 Å². The lowest BCUT2D eigenvalue weighted by Gasteiger charge is -2.26. The van der Waals surface area contributed by atoms with Gasteiger partial charge in [-0.05, 0) is 6.07 Å². The molecule has 1 fully saturated rings. The minimum absolute atomic E-state index is 0.0424. The summed E-state index contributed by atoms with van der Waals surface area (Å²) in [5.41, 5.74) is 2.45. The first-order valence-electron chi connectivity index (χ1n) is 8.52. The number of aromatic amines is 1. The predicted octanol–water partition coefficient (Wildman–Crippen LogP) is 1.000. The number of hydrogen-bond donors (Lipinski definition) is 2. The molecule has 0 saturated carbocycles. The van der Waals surface area contributed by atoms with Gasteiger partial charge in [0.2, 0.25) is 16.9 Å². The zero-order valence-corrected chi connectivity index (χ0v) is 15.4. The highest BCUT2D eigenvalue weighted by molar-refractivity contribution is 7.99. The number of nitrogens with zero attached hydrogens (tertiary/aromatic N) is 5. The number of thioether (sulfide) groups is 1. The van der Waals surface area contributed by atoms with Gasteiger partial charge in [-0.2, -0.15) is 5.10 Å². The normalized spacial score (nSPS) is 14.4. The Hall–Kier alpha value is -2.85. The van der Waals surface area contributed by atoms with E-state index in [1.54, 1.807) is 4.90 Å². The second kappa shape index (κ2) is 7.80.